The van der Waals surface area contributed by atoms with E-state index in [4.69, 9.17) is 14.2 Å². The number of hydrogen-bond donors (Lipinski definition) is 0. The molecule has 0 aromatic heterocycles. The largest absolute Gasteiger partial charge is 0.493 e. The van der Waals surface area contributed by atoms with E-state index in [1.165, 1.54) is 0 Å². The minimum Gasteiger partial charge on any atom is -0.493 e. The zero-order valence-electron chi connectivity index (χ0n) is 10.9. The van der Waals surface area contributed by atoms with Gasteiger partial charge in [-0.25, -0.2) is 4.79 Å². The molecule has 0 saturated carbocycles. The third kappa shape index (κ3) is 3.23. The fourth-order valence-corrected chi connectivity index (χ4v) is 2.44. The number of hydrogen-bond acceptors (Lipinski definition) is 4. The molecule has 0 aliphatic carbocycles. The van der Waals surface area contributed by atoms with Gasteiger partial charge in [-0.3, -0.25) is 0 Å². The summed E-state index contributed by atoms with van der Waals surface area (Å²) in [6.07, 6.45) is -0.260. The molecular formula is C13H16INO4. The van der Waals surface area contributed by atoms with Gasteiger partial charge in [0, 0.05) is 11.0 Å². The lowest BCUT2D eigenvalue weighted by atomic mass is 10.2. The fourth-order valence-electron chi connectivity index (χ4n) is 1.98. The molecule has 2 rings (SSSR count). The molecule has 1 fully saturated rings. The second kappa shape index (κ2) is 6.31. The molecule has 1 aromatic rings. The molecule has 0 spiro atoms. The van der Waals surface area contributed by atoms with Gasteiger partial charge in [-0.1, -0.05) is 28.7 Å². The number of alkyl halides is 1. The van der Waals surface area contributed by atoms with Gasteiger partial charge in [0.25, 0.3) is 0 Å². The van der Waals surface area contributed by atoms with Crippen LogP contribution in [0.1, 0.15) is 5.56 Å². The first kappa shape index (κ1) is 14.2. The summed E-state index contributed by atoms with van der Waals surface area (Å²) in [5, 5.41) is 0. The van der Waals surface area contributed by atoms with Gasteiger partial charge in [0.15, 0.2) is 11.5 Å². The van der Waals surface area contributed by atoms with E-state index in [1.54, 1.807) is 19.1 Å². The number of halogens is 1. The molecule has 1 heterocycles. The number of methoxy groups -OCH3 is 2. The molecule has 1 amide bonds. The predicted molar refractivity (Wildman–Crippen MR) is 79.1 cm³/mol. The third-order valence-electron chi connectivity index (χ3n) is 2.94. The Bertz CT molecular complexity index is 466. The zero-order valence-corrected chi connectivity index (χ0v) is 13.0. The molecule has 0 N–H and O–H groups in total. The molecule has 1 saturated heterocycles. The second-order valence-electron chi connectivity index (χ2n) is 4.23. The Labute approximate surface area is 126 Å². The Kier molecular flexibility index (Phi) is 4.73. The van der Waals surface area contributed by atoms with Crippen LogP contribution < -0.4 is 9.47 Å². The number of rotatable bonds is 5. The highest BCUT2D eigenvalue weighted by Crippen LogP contribution is 2.28. The minimum absolute atomic E-state index is 0.00626. The lowest BCUT2D eigenvalue weighted by Crippen LogP contribution is -2.24. The van der Waals surface area contributed by atoms with Gasteiger partial charge in [0.05, 0.1) is 20.8 Å². The van der Waals surface area contributed by atoms with Crippen molar-refractivity contribution in [3.05, 3.63) is 23.8 Å². The number of carbonyl (C=O) groups excluding carboxylic acids is 1. The maximum atomic E-state index is 11.7. The first-order valence-corrected chi connectivity index (χ1v) is 7.43. The first-order valence-electron chi connectivity index (χ1n) is 5.90. The molecule has 5 nitrogen and oxygen atoms in total. The van der Waals surface area contributed by atoms with Crippen LogP contribution in [0.15, 0.2) is 18.2 Å². The van der Waals surface area contributed by atoms with E-state index < -0.39 is 0 Å². The van der Waals surface area contributed by atoms with E-state index in [9.17, 15) is 4.79 Å². The van der Waals surface area contributed by atoms with Gasteiger partial charge >= 0.3 is 6.09 Å². The van der Waals surface area contributed by atoms with E-state index in [0.29, 0.717) is 24.6 Å². The standard InChI is InChI=1S/C13H16INO4/c1-17-11-4-3-9(5-12(11)18-2)7-15-8-10(6-14)19-13(15)16/h3-5,10H,6-8H2,1-2H3. The molecule has 0 radical (unpaired) electrons. The van der Waals surface area contributed by atoms with Gasteiger partial charge in [0.1, 0.15) is 6.10 Å². The summed E-state index contributed by atoms with van der Waals surface area (Å²) in [6.45, 7) is 1.16. The van der Waals surface area contributed by atoms with Gasteiger partial charge in [-0.15, -0.1) is 0 Å². The van der Waals surface area contributed by atoms with Crippen molar-refractivity contribution in [3.63, 3.8) is 0 Å². The molecule has 0 bridgehead atoms. The number of amides is 1. The molecule has 1 unspecified atom stereocenters. The number of cyclic esters (lactones) is 1. The van der Waals surface area contributed by atoms with Crippen LogP contribution in [0.3, 0.4) is 0 Å². The highest BCUT2D eigenvalue weighted by molar-refractivity contribution is 14.1. The van der Waals surface area contributed by atoms with E-state index in [-0.39, 0.29) is 12.2 Å². The summed E-state index contributed by atoms with van der Waals surface area (Å²) < 4.78 is 16.5. The van der Waals surface area contributed by atoms with Crippen LogP contribution >= 0.6 is 22.6 Å². The summed E-state index contributed by atoms with van der Waals surface area (Å²) in [7, 11) is 3.19. The maximum Gasteiger partial charge on any atom is 0.410 e. The van der Waals surface area contributed by atoms with Crippen molar-refractivity contribution in [1.29, 1.82) is 0 Å². The molecule has 1 atom stereocenters. The number of carbonyl (C=O) groups is 1. The molecule has 104 valence electrons. The van der Waals surface area contributed by atoms with Gasteiger partial charge in [0.2, 0.25) is 0 Å². The lowest BCUT2D eigenvalue weighted by molar-refractivity contribution is 0.139. The van der Waals surface area contributed by atoms with Gasteiger partial charge in [-0.05, 0) is 17.7 Å². The van der Waals surface area contributed by atoms with Gasteiger partial charge < -0.3 is 19.1 Å². The maximum absolute atomic E-state index is 11.7. The van der Waals surface area contributed by atoms with Crippen LogP contribution in [0.5, 0.6) is 11.5 Å². The van der Waals surface area contributed by atoms with Crippen LogP contribution in [0.4, 0.5) is 4.79 Å². The van der Waals surface area contributed by atoms with E-state index >= 15 is 0 Å². The van der Waals surface area contributed by atoms with Crippen molar-refractivity contribution in [2.75, 3.05) is 25.2 Å². The molecule has 1 aliphatic rings. The molecule has 19 heavy (non-hydrogen) atoms. The summed E-state index contributed by atoms with van der Waals surface area (Å²) in [5.41, 5.74) is 0.990. The van der Waals surface area contributed by atoms with Crippen molar-refractivity contribution in [2.24, 2.45) is 0 Å². The Balaban J connectivity index is 2.09. The van der Waals surface area contributed by atoms with Crippen LogP contribution in [0.25, 0.3) is 0 Å². The average molecular weight is 377 g/mol. The topological polar surface area (TPSA) is 48.0 Å². The summed E-state index contributed by atoms with van der Waals surface area (Å²) >= 11 is 2.22. The highest BCUT2D eigenvalue weighted by Gasteiger charge is 2.30. The van der Waals surface area contributed by atoms with Crippen LogP contribution in [-0.2, 0) is 11.3 Å². The normalized spacial score (nSPS) is 18.4. The summed E-state index contributed by atoms with van der Waals surface area (Å²) in [4.78, 5) is 13.4. The van der Waals surface area contributed by atoms with Crippen LogP contribution in [0.2, 0.25) is 0 Å². The first-order chi connectivity index (χ1) is 9.17. The minimum atomic E-state index is -0.253. The van der Waals surface area contributed by atoms with Crippen LogP contribution in [0, 0.1) is 0 Å². The fraction of sp³-hybridized carbons (Fsp3) is 0.462. The predicted octanol–water partition coefficient (Wildman–Crippen LogP) is 2.46. The number of benzene rings is 1. The third-order valence-corrected chi connectivity index (χ3v) is 3.93. The SMILES string of the molecule is COc1ccc(CN2CC(CI)OC2=O)cc1OC. The van der Waals surface area contributed by atoms with Crippen molar-refractivity contribution >= 4 is 28.7 Å². The molecule has 1 aliphatic heterocycles. The number of nitrogens with zero attached hydrogens (tertiary/aromatic N) is 1. The monoisotopic (exact) mass is 377 g/mol. The zero-order chi connectivity index (χ0) is 13.8. The second-order valence-corrected chi connectivity index (χ2v) is 5.11. The molecule has 1 aromatic carbocycles. The quantitative estimate of drug-likeness (QED) is 0.585. The van der Waals surface area contributed by atoms with Crippen molar-refractivity contribution in [2.45, 2.75) is 12.6 Å². The van der Waals surface area contributed by atoms with Crippen molar-refractivity contribution < 1.29 is 19.0 Å². The Hall–Kier alpha value is -1.18. The summed E-state index contributed by atoms with van der Waals surface area (Å²) in [6, 6.07) is 5.64. The van der Waals surface area contributed by atoms with Crippen molar-refractivity contribution in [3.8, 4) is 11.5 Å². The lowest BCUT2D eigenvalue weighted by Gasteiger charge is -2.14. The van der Waals surface area contributed by atoms with Crippen molar-refractivity contribution in [1.82, 2.24) is 4.90 Å². The Morgan fingerprint density at radius 3 is 2.68 bits per heavy atom. The van der Waals surface area contributed by atoms with E-state index in [0.717, 1.165) is 9.99 Å². The van der Waals surface area contributed by atoms with Gasteiger partial charge in [-0.2, -0.15) is 0 Å². The van der Waals surface area contributed by atoms with E-state index in [1.807, 2.05) is 18.2 Å². The van der Waals surface area contributed by atoms with E-state index in [2.05, 4.69) is 22.6 Å². The average Bonchev–Trinajstić information content (AvgIpc) is 2.79. The smallest absolute Gasteiger partial charge is 0.410 e. The Morgan fingerprint density at radius 1 is 1.37 bits per heavy atom. The Morgan fingerprint density at radius 2 is 2.11 bits per heavy atom. The molecule has 6 heteroatoms. The summed E-state index contributed by atoms with van der Waals surface area (Å²) in [5.74, 6) is 1.35. The highest BCUT2D eigenvalue weighted by atomic mass is 127. The number of ether oxygens (including phenoxy) is 3. The molecular weight excluding hydrogens is 361 g/mol. The van der Waals surface area contributed by atoms with Crippen LogP contribution in [-0.4, -0.2) is 42.3 Å².